The van der Waals surface area contributed by atoms with Crippen LogP contribution in [0.1, 0.15) is 249 Å². The van der Waals surface area contributed by atoms with Crippen LogP contribution in [0, 0.1) is 29.6 Å². The lowest BCUT2D eigenvalue weighted by Gasteiger charge is -2.71. The first-order chi connectivity index (χ1) is 35.0. The van der Waals surface area contributed by atoms with Gasteiger partial charge in [-0.1, -0.05) is 0 Å². The minimum atomic E-state index is -1.48. The molecule has 6 saturated heterocycles. The van der Waals surface area contributed by atoms with Gasteiger partial charge in [-0.15, -0.1) is 0 Å². The van der Waals surface area contributed by atoms with Gasteiger partial charge in [0, 0.05) is 66.5 Å². The van der Waals surface area contributed by atoms with Crippen molar-refractivity contribution in [2.75, 3.05) is 13.2 Å². The van der Waals surface area contributed by atoms with E-state index in [1.807, 2.05) is 0 Å². The van der Waals surface area contributed by atoms with Crippen molar-refractivity contribution in [3.8, 4) is 0 Å². The summed E-state index contributed by atoms with van der Waals surface area (Å²) in [6.07, 6.45) is 7.49. The Morgan fingerprint density at radius 2 is 0.705 bits per heavy atom. The summed E-state index contributed by atoms with van der Waals surface area (Å²) < 4.78 is 13.3. The molecule has 450 valence electrons. The third-order valence-electron chi connectivity index (χ3n) is 19.6. The summed E-state index contributed by atoms with van der Waals surface area (Å²) in [5.74, 6) is -1.56. The molecule has 1 atom stereocenters. The Balaban J connectivity index is 1.85. The highest BCUT2D eigenvalue weighted by molar-refractivity contribution is 5.26. The number of aliphatic hydroxyl groups is 2. The zero-order valence-electron chi connectivity index (χ0n) is 54.0. The van der Waals surface area contributed by atoms with Crippen LogP contribution in [0.5, 0.6) is 0 Å². The topological polar surface area (TPSA) is 188 Å². The SMILES string of the molecule is CC1(C)CC(OC(C2CC(C)(C)NC(C)(C)C2)(C2CC(C)(C)NC(C)(C)C2)C(C2CC(C)(C)NC(C)(C)C2)(C2CC(C)(C)NC(C)(C)C2)n2c(=O)n(CCO)c(=O)n(C(CO)C3CC(C)(C)NC(C)(C)C3)c2=O)CC(C)(C)N1. The molecule has 6 aliphatic heterocycles. The first-order valence-corrected chi connectivity index (χ1v) is 30.6. The van der Waals surface area contributed by atoms with Crippen LogP contribution < -0.4 is 49.0 Å². The lowest BCUT2D eigenvalue weighted by Crippen LogP contribution is -2.82. The van der Waals surface area contributed by atoms with Crippen molar-refractivity contribution in [2.24, 2.45) is 29.6 Å². The molecule has 8 N–H and O–H groups in total. The number of nitrogens with one attached hydrogen (secondary N) is 6. The van der Waals surface area contributed by atoms with Gasteiger partial charge < -0.3 is 46.9 Å². The average molecular weight is 1100 g/mol. The van der Waals surface area contributed by atoms with E-state index < -0.39 is 103 Å². The Hall–Kier alpha value is -1.95. The van der Waals surface area contributed by atoms with Gasteiger partial charge in [-0.05, 0) is 273 Å². The number of aromatic nitrogens is 3. The fourth-order valence-corrected chi connectivity index (χ4v) is 20.5. The van der Waals surface area contributed by atoms with Crippen molar-refractivity contribution >= 4 is 0 Å². The van der Waals surface area contributed by atoms with Crippen molar-refractivity contribution in [1.82, 2.24) is 45.6 Å². The fourth-order valence-electron chi connectivity index (χ4n) is 20.5. The second kappa shape index (κ2) is 20.1. The highest BCUT2D eigenvalue weighted by atomic mass is 16.5. The Bertz CT molecular complexity index is 2370. The quantitative estimate of drug-likeness (QED) is 0.0947. The van der Waals surface area contributed by atoms with E-state index in [2.05, 4.69) is 198 Å². The maximum atomic E-state index is 17.7. The van der Waals surface area contributed by atoms with Gasteiger partial charge in [-0.3, -0.25) is 0 Å². The number of aliphatic hydroxyl groups excluding tert-OH is 2. The summed E-state index contributed by atoms with van der Waals surface area (Å²) >= 11 is 0. The highest BCUT2D eigenvalue weighted by Gasteiger charge is 2.74. The van der Waals surface area contributed by atoms with E-state index in [4.69, 9.17) is 4.74 Å². The number of nitrogens with zero attached hydrogens (tertiary/aromatic N) is 3. The smallest absolute Gasteiger partial charge is 0.337 e. The van der Waals surface area contributed by atoms with Crippen molar-refractivity contribution in [2.45, 2.75) is 340 Å². The number of hydrogen-bond donors (Lipinski definition) is 8. The monoisotopic (exact) mass is 1100 g/mol. The third kappa shape index (κ3) is 12.9. The number of hydrogen-bond acceptors (Lipinski definition) is 12. The molecule has 0 amide bonds. The molecular weight excluding hydrogens is 979 g/mol. The average Bonchev–Trinajstić information content (AvgIpc) is 3.14. The lowest BCUT2D eigenvalue weighted by atomic mass is 9.44. The first kappa shape index (κ1) is 63.6. The molecular formula is C63H117N9O6. The fraction of sp³-hybridized carbons (Fsp3) is 0.952. The van der Waals surface area contributed by atoms with E-state index in [1.165, 1.54) is 9.13 Å². The lowest BCUT2D eigenvalue weighted by molar-refractivity contribution is -0.292. The summed E-state index contributed by atoms with van der Waals surface area (Å²) in [7, 11) is 0. The van der Waals surface area contributed by atoms with Gasteiger partial charge in [0.25, 0.3) is 0 Å². The molecule has 78 heavy (non-hydrogen) atoms. The van der Waals surface area contributed by atoms with Crippen molar-refractivity contribution < 1.29 is 14.9 Å². The van der Waals surface area contributed by atoms with E-state index >= 15 is 14.4 Å². The standard InChI is InChI=1S/C63H117N9O6/c1-50(2)27-40(28-51(3,4)64-50)46(39-74)71-47(75)70(25-26-73)48(76)72(49(71)77)62(41-29-52(5,6)65-53(7,8)30-41,42-31-54(9,10)66-55(11,12)32-42)63(43-33-56(13,14)67-57(15,16)34-43,44-35-58(17,18)68-59(19,20)36-44)78-45-37-60(21,22)69-61(23,24)38-45/h40-46,64-69,73-74H,25-39H2,1-24H3. The summed E-state index contributed by atoms with van der Waals surface area (Å²) in [6, 6.07) is -0.975. The molecule has 0 aromatic carbocycles. The molecule has 0 radical (unpaired) electrons. The summed E-state index contributed by atoms with van der Waals surface area (Å²) in [5, 5.41) is 47.4. The Kier molecular flexibility index (Phi) is 16.4. The van der Waals surface area contributed by atoms with Crippen LogP contribution in [-0.2, 0) is 16.8 Å². The normalized spacial score (nSPS) is 29.5. The number of piperidine rings is 6. The van der Waals surface area contributed by atoms with Gasteiger partial charge in [0.2, 0.25) is 0 Å². The summed E-state index contributed by atoms with van der Waals surface area (Å²) in [4.78, 5) is 50.8. The molecule has 6 aliphatic rings. The van der Waals surface area contributed by atoms with Gasteiger partial charge in [0.05, 0.1) is 43.0 Å². The molecule has 0 spiro atoms. The van der Waals surface area contributed by atoms with Crippen molar-refractivity contribution in [3.05, 3.63) is 31.5 Å². The van der Waals surface area contributed by atoms with Crippen LogP contribution in [0.2, 0.25) is 0 Å². The zero-order valence-corrected chi connectivity index (χ0v) is 54.0. The molecule has 7 heterocycles. The minimum Gasteiger partial charge on any atom is -0.395 e. The summed E-state index contributed by atoms with van der Waals surface area (Å²) in [6.45, 7) is 53.3. The zero-order chi connectivity index (χ0) is 59.1. The van der Waals surface area contributed by atoms with Gasteiger partial charge in [-0.2, -0.15) is 0 Å². The van der Waals surface area contributed by atoms with Crippen LogP contribution in [0.4, 0.5) is 0 Å². The molecule has 0 aliphatic carbocycles. The highest BCUT2D eigenvalue weighted by Crippen LogP contribution is 2.66. The Morgan fingerprint density at radius 1 is 0.423 bits per heavy atom. The number of ether oxygens (including phenoxy) is 1. The maximum absolute atomic E-state index is 17.7. The Labute approximate surface area is 472 Å². The van der Waals surface area contributed by atoms with E-state index in [9.17, 15) is 10.2 Å². The van der Waals surface area contributed by atoms with Gasteiger partial charge in [-0.25, -0.2) is 28.1 Å². The van der Waals surface area contributed by atoms with Gasteiger partial charge in [0.1, 0.15) is 0 Å². The predicted octanol–water partition coefficient (Wildman–Crippen LogP) is 8.24. The third-order valence-corrected chi connectivity index (χ3v) is 19.6. The van der Waals surface area contributed by atoms with Crippen LogP contribution >= 0.6 is 0 Å². The van der Waals surface area contributed by atoms with E-state index in [0.717, 1.165) is 0 Å². The van der Waals surface area contributed by atoms with Crippen molar-refractivity contribution in [3.63, 3.8) is 0 Å². The van der Waals surface area contributed by atoms with Crippen molar-refractivity contribution in [1.29, 1.82) is 0 Å². The molecule has 15 heteroatoms. The van der Waals surface area contributed by atoms with Crippen LogP contribution in [-0.4, -0.2) is 115 Å². The molecule has 0 bridgehead atoms. The van der Waals surface area contributed by atoms with Crippen LogP contribution in [0.15, 0.2) is 14.4 Å². The minimum absolute atomic E-state index is 0.237. The molecule has 1 aromatic rings. The Morgan fingerprint density at radius 3 is 1.00 bits per heavy atom. The van der Waals surface area contributed by atoms with E-state index in [0.29, 0.717) is 77.0 Å². The summed E-state index contributed by atoms with van der Waals surface area (Å²) in [5.41, 5.74) is -9.94. The molecule has 0 saturated carbocycles. The van der Waals surface area contributed by atoms with E-state index in [-0.39, 0.29) is 53.3 Å². The number of rotatable bonds is 13. The first-order valence-electron chi connectivity index (χ1n) is 30.6. The second-order valence-corrected chi connectivity index (χ2v) is 34.9. The van der Waals surface area contributed by atoms with Crippen LogP contribution in [0.25, 0.3) is 0 Å². The molecule has 15 nitrogen and oxygen atoms in total. The molecule has 1 aromatic heterocycles. The largest absolute Gasteiger partial charge is 0.395 e. The molecule has 7 rings (SSSR count). The van der Waals surface area contributed by atoms with E-state index in [1.54, 1.807) is 4.57 Å². The van der Waals surface area contributed by atoms with Gasteiger partial charge in [0.15, 0.2) is 0 Å². The second-order valence-electron chi connectivity index (χ2n) is 34.9. The van der Waals surface area contributed by atoms with Gasteiger partial charge >= 0.3 is 17.1 Å². The molecule has 1 unspecified atom stereocenters. The maximum Gasteiger partial charge on any atom is 0.337 e. The predicted molar refractivity (Wildman–Crippen MR) is 319 cm³/mol. The molecule has 6 fully saturated rings. The van der Waals surface area contributed by atoms with Crippen LogP contribution in [0.3, 0.4) is 0 Å².